The molecule has 2 aromatic carbocycles. The summed E-state index contributed by atoms with van der Waals surface area (Å²) < 4.78 is 55.4. The molecule has 0 aliphatic carbocycles. The Labute approximate surface area is 193 Å². The molecule has 0 bridgehead atoms. The highest BCUT2D eigenvalue weighted by Gasteiger charge is 2.23. The lowest BCUT2D eigenvalue weighted by Gasteiger charge is -2.15. The average molecular weight is 501 g/mol. The van der Waals surface area contributed by atoms with Crippen molar-refractivity contribution in [3.63, 3.8) is 0 Å². The number of sulfonamides is 1. The Morgan fingerprint density at radius 2 is 1.78 bits per heavy atom. The second kappa shape index (κ2) is 10.4. The normalized spacial score (nSPS) is 12.4. The minimum absolute atomic E-state index is 0.155. The predicted molar refractivity (Wildman–Crippen MR) is 120 cm³/mol. The molecular formula is C20H19ClF2N4O3S2. The van der Waals surface area contributed by atoms with Crippen LogP contribution in [0, 0.1) is 11.6 Å². The topological polar surface area (TPSA) is 104 Å². The third kappa shape index (κ3) is 6.28. The molecule has 0 spiro atoms. The van der Waals surface area contributed by atoms with E-state index in [4.69, 9.17) is 11.6 Å². The number of halogens is 3. The van der Waals surface area contributed by atoms with Crippen LogP contribution in [0.3, 0.4) is 0 Å². The highest BCUT2D eigenvalue weighted by atomic mass is 35.5. The van der Waals surface area contributed by atoms with Crippen LogP contribution in [-0.2, 0) is 15.8 Å². The third-order valence-electron chi connectivity index (χ3n) is 4.09. The van der Waals surface area contributed by atoms with Gasteiger partial charge in [-0.3, -0.25) is 4.72 Å². The van der Waals surface area contributed by atoms with E-state index in [2.05, 4.69) is 20.0 Å². The molecule has 0 saturated heterocycles. The summed E-state index contributed by atoms with van der Waals surface area (Å²) in [5.74, 6) is -1.67. The quantitative estimate of drug-likeness (QED) is 0.229. The van der Waals surface area contributed by atoms with Gasteiger partial charge in [0.15, 0.2) is 5.16 Å². The lowest BCUT2D eigenvalue weighted by atomic mass is 10.2. The third-order valence-corrected chi connectivity index (χ3v) is 6.67. The smallest absolute Gasteiger partial charge is 0.266 e. The van der Waals surface area contributed by atoms with Crippen LogP contribution in [0.5, 0.6) is 0 Å². The summed E-state index contributed by atoms with van der Waals surface area (Å²) in [7, 11) is -4.52. The van der Waals surface area contributed by atoms with Gasteiger partial charge in [-0.15, -0.1) is 0 Å². The van der Waals surface area contributed by atoms with Gasteiger partial charge >= 0.3 is 0 Å². The summed E-state index contributed by atoms with van der Waals surface area (Å²) in [4.78, 5) is 7.60. The van der Waals surface area contributed by atoms with Gasteiger partial charge in [0.1, 0.15) is 28.2 Å². The van der Waals surface area contributed by atoms with Crippen molar-refractivity contribution < 1.29 is 22.3 Å². The Morgan fingerprint density at radius 3 is 2.47 bits per heavy atom. The van der Waals surface area contributed by atoms with Gasteiger partial charge in [-0.25, -0.2) is 27.2 Å². The number of aromatic nitrogens is 2. The number of hydrogen-bond donors (Lipinski definition) is 3. The highest BCUT2D eigenvalue weighted by Crippen LogP contribution is 2.27. The molecule has 7 nitrogen and oxygen atoms in total. The van der Waals surface area contributed by atoms with E-state index >= 15 is 0 Å². The van der Waals surface area contributed by atoms with Crippen molar-refractivity contribution in [3.05, 3.63) is 70.8 Å². The molecule has 0 amide bonds. The molecule has 0 fully saturated rings. The van der Waals surface area contributed by atoms with E-state index < -0.39 is 31.6 Å². The number of aliphatic hydroxyl groups excluding tert-OH is 1. The lowest BCUT2D eigenvalue weighted by Crippen LogP contribution is -2.21. The first kappa shape index (κ1) is 24.2. The zero-order chi connectivity index (χ0) is 23.3. The maximum atomic E-state index is 14.2. The van der Waals surface area contributed by atoms with Gasteiger partial charge in [0, 0.05) is 17.9 Å². The predicted octanol–water partition coefficient (Wildman–Crippen LogP) is 4.29. The molecule has 0 aliphatic heterocycles. The van der Waals surface area contributed by atoms with E-state index in [1.54, 1.807) is 6.92 Å². The van der Waals surface area contributed by atoms with Crippen LogP contribution < -0.4 is 10.0 Å². The summed E-state index contributed by atoms with van der Waals surface area (Å²) >= 11 is 6.76. The van der Waals surface area contributed by atoms with Crippen LogP contribution in [0.15, 0.2) is 58.6 Å². The fourth-order valence-electron chi connectivity index (χ4n) is 2.54. The Balaban J connectivity index is 1.91. The Bertz CT molecular complexity index is 1200. The van der Waals surface area contributed by atoms with Gasteiger partial charge in [0.25, 0.3) is 10.0 Å². The lowest BCUT2D eigenvalue weighted by molar-refractivity contribution is 0.281. The van der Waals surface area contributed by atoms with Gasteiger partial charge in [-0.05, 0) is 24.6 Å². The highest BCUT2D eigenvalue weighted by molar-refractivity contribution is 7.98. The number of benzene rings is 2. The molecule has 0 aliphatic rings. The molecule has 1 heterocycles. The Hall–Kier alpha value is -2.47. The Morgan fingerprint density at radius 1 is 1.09 bits per heavy atom. The maximum absolute atomic E-state index is 14.2. The van der Waals surface area contributed by atoms with Crippen LogP contribution in [0.25, 0.3) is 0 Å². The monoisotopic (exact) mass is 500 g/mol. The molecule has 0 radical (unpaired) electrons. The maximum Gasteiger partial charge on any atom is 0.266 e. The summed E-state index contributed by atoms with van der Waals surface area (Å²) in [6.07, 6.45) is 0. The SMILES string of the molecule is C[C@H](CO)Nc1cc(NS(=O)(=O)c2cc(F)c(Cl)cc2F)nc(SCc2ccccc2)n1. The first-order chi connectivity index (χ1) is 15.2. The summed E-state index contributed by atoms with van der Waals surface area (Å²) in [5, 5.41) is 11.9. The second-order valence-electron chi connectivity index (χ2n) is 6.73. The standard InChI is InChI=1S/C20H19ClF2N4O3S2/c1-12(10-28)24-18-9-19(26-20(25-18)31-11-13-5-3-2-4-6-13)27-32(29,30)17-8-15(22)14(21)7-16(17)23/h2-9,12,28H,10-11H2,1H3,(H2,24,25,26,27)/t12-/m1/s1. The first-order valence-corrected chi connectivity index (χ1v) is 12.1. The summed E-state index contributed by atoms with van der Waals surface area (Å²) in [6, 6.07) is 11.5. The van der Waals surface area contributed by atoms with Crippen molar-refractivity contribution in [1.82, 2.24) is 9.97 Å². The number of nitrogens with one attached hydrogen (secondary N) is 2. The number of nitrogens with zero attached hydrogens (tertiary/aromatic N) is 2. The first-order valence-electron chi connectivity index (χ1n) is 9.28. The largest absolute Gasteiger partial charge is 0.394 e. The number of thioether (sulfide) groups is 1. The van der Waals surface area contributed by atoms with Crippen LogP contribution >= 0.6 is 23.4 Å². The molecule has 3 N–H and O–H groups in total. The molecule has 170 valence electrons. The van der Waals surface area contributed by atoms with Crippen molar-refractivity contribution in [2.24, 2.45) is 0 Å². The fraction of sp³-hybridized carbons (Fsp3) is 0.200. The number of anilines is 2. The van der Waals surface area contributed by atoms with E-state index in [0.29, 0.717) is 17.9 Å². The van der Waals surface area contributed by atoms with E-state index in [-0.39, 0.29) is 29.4 Å². The molecule has 32 heavy (non-hydrogen) atoms. The van der Waals surface area contributed by atoms with Gasteiger partial charge in [0.05, 0.1) is 11.6 Å². The van der Waals surface area contributed by atoms with E-state index in [1.165, 1.54) is 17.8 Å². The fourth-order valence-corrected chi connectivity index (χ4v) is 4.57. The van der Waals surface area contributed by atoms with Crippen molar-refractivity contribution in [2.75, 3.05) is 16.6 Å². The van der Waals surface area contributed by atoms with Crippen LogP contribution in [0.2, 0.25) is 5.02 Å². The summed E-state index contributed by atoms with van der Waals surface area (Å²) in [5.41, 5.74) is 1.00. The van der Waals surface area contributed by atoms with Crippen molar-refractivity contribution in [2.45, 2.75) is 28.8 Å². The van der Waals surface area contributed by atoms with Gasteiger partial charge in [-0.2, -0.15) is 0 Å². The van der Waals surface area contributed by atoms with Crippen molar-refractivity contribution >= 4 is 45.0 Å². The number of aliphatic hydroxyl groups is 1. The van der Waals surface area contributed by atoms with Gasteiger partial charge in [-0.1, -0.05) is 53.7 Å². The number of hydrogen-bond acceptors (Lipinski definition) is 7. The molecule has 1 aromatic heterocycles. The van der Waals surface area contributed by atoms with Gasteiger partial charge in [0.2, 0.25) is 0 Å². The summed E-state index contributed by atoms with van der Waals surface area (Å²) in [6.45, 7) is 1.52. The second-order valence-corrected chi connectivity index (χ2v) is 9.73. The minimum atomic E-state index is -4.52. The van der Waals surface area contributed by atoms with E-state index in [1.807, 2.05) is 30.3 Å². The van der Waals surface area contributed by atoms with Crippen LogP contribution in [-0.4, -0.2) is 36.1 Å². The molecule has 0 unspecified atom stereocenters. The van der Waals surface area contributed by atoms with Gasteiger partial charge < -0.3 is 10.4 Å². The molecular weight excluding hydrogens is 482 g/mol. The van der Waals surface area contributed by atoms with Crippen molar-refractivity contribution in [3.8, 4) is 0 Å². The minimum Gasteiger partial charge on any atom is -0.394 e. The van der Waals surface area contributed by atoms with E-state index in [9.17, 15) is 22.3 Å². The molecule has 3 rings (SSSR count). The average Bonchev–Trinajstić information content (AvgIpc) is 2.75. The van der Waals surface area contributed by atoms with Crippen molar-refractivity contribution in [1.29, 1.82) is 0 Å². The zero-order valence-corrected chi connectivity index (χ0v) is 19.1. The van der Waals surface area contributed by atoms with Crippen LogP contribution in [0.4, 0.5) is 20.4 Å². The molecule has 12 heteroatoms. The van der Waals surface area contributed by atoms with E-state index in [0.717, 1.165) is 5.56 Å². The molecule has 0 saturated carbocycles. The van der Waals surface area contributed by atoms with Crippen LogP contribution in [0.1, 0.15) is 12.5 Å². The Kier molecular flexibility index (Phi) is 7.88. The number of rotatable bonds is 9. The molecule has 1 atom stereocenters. The zero-order valence-electron chi connectivity index (χ0n) is 16.7. The molecule has 3 aromatic rings.